The minimum Gasteiger partial charge on any atom is -0.508 e. The maximum atomic E-state index is 8.96. The predicted octanol–water partition coefficient (Wildman–Crippen LogP) is 1.70. The van der Waals surface area contributed by atoms with Gasteiger partial charge in [0.15, 0.2) is 0 Å². The van der Waals surface area contributed by atoms with E-state index in [1.807, 2.05) is 0 Å². The SMILES string of the molecule is [2H]c1ccc(O)c(C)c1. The molecule has 0 atom stereocenters. The molecular weight excluding hydrogens is 100 g/mol. The molecule has 0 aromatic heterocycles. The molecule has 0 radical (unpaired) electrons. The number of benzene rings is 1. The summed E-state index contributed by atoms with van der Waals surface area (Å²) in [5.74, 6) is 0.256. The molecule has 0 aliphatic carbocycles. The Balaban J connectivity index is 3.17. The van der Waals surface area contributed by atoms with Gasteiger partial charge in [-0.15, -0.1) is 0 Å². The van der Waals surface area contributed by atoms with Gasteiger partial charge in [-0.05, 0) is 18.6 Å². The summed E-state index contributed by atoms with van der Waals surface area (Å²) in [4.78, 5) is 0. The third kappa shape index (κ3) is 0.808. The number of phenols is 1. The Morgan fingerprint density at radius 2 is 2.38 bits per heavy atom. The summed E-state index contributed by atoms with van der Waals surface area (Å²) >= 11 is 0. The normalized spacial score (nSPS) is 10.9. The van der Waals surface area contributed by atoms with Gasteiger partial charge in [-0.2, -0.15) is 0 Å². The van der Waals surface area contributed by atoms with Crippen LogP contribution >= 0.6 is 0 Å². The molecule has 8 heavy (non-hydrogen) atoms. The fraction of sp³-hybridized carbons (Fsp3) is 0.143. The summed E-state index contributed by atoms with van der Waals surface area (Å²) in [7, 11) is 0. The second-order valence-corrected chi connectivity index (χ2v) is 1.71. The molecule has 1 N–H and O–H groups in total. The van der Waals surface area contributed by atoms with Crippen molar-refractivity contribution in [1.29, 1.82) is 0 Å². The van der Waals surface area contributed by atoms with Crippen LogP contribution in [0.4, 0.5) is 0 Å². The quantitative estimate of drug-likeness (QED) is 0.537. The zero-order chi connectivity index (χ0) is 6.85. The van der Waals surface area contributed by atoms with E-state index < -0.39 is 0 Å². The van der Waals surface area contributed by atoms with Gasteiger partial charge in [-0.3, -0.25) is 0 Å². The molecule has 0 saturated heterocycles. The van der Waals surface area contributed by atoms with E-state index in [0.29, 0.717) is 6.04 Å². The van der Waals surface area contributed by atoms with E-state index in [1.165, 1.54) is 6.07 Å². The largest absolute Gasteiger partial charge is 0.508 e. The van der Waals surface area contributed by atoms with Crippen LogP contribution in [-0.2, 0) is 0 Å². The van der Waals surface area contributed by atoms with Gasteiger partial charge >= 0.3 is 0 Å². The Morgan fingerprint density at radius 1 is 1.62 bits per heavy atom. The van der Waals surface area contributed by atoms with Crippen molar-refractivity contribution in [3.63, 3.8) is 0 Å². The van der Waals surface area contributed by atoms with Crippen molar-refractivity contribution in [3.05, 3.63) is 29.8 Å². The lowest BCUT2D eigenvalue weighted by Gasteiger charge is -1.92. The van der Waals surface area contributed by atoms with Crippen LogP contribution in [0.1, 0.15) is 6.93 Å². The van der Waals surface area contributed by atoms with Crippen LogP contribution in [0, 0.1) is 6.92 Å². The topological polar surface area (TPSA) is 20.2 Å². The first kappa shape index (κ1) is 3.96. The smallest absolute Gasteiger partial charge is 0.118 e. The summed E-state index contributed by atoms with van der Waals surface area (Å²) < 4.78 is 7.12. The molecule has 0 heterocycles. The zero-order valence-corrected chi connectivity index (χ0v) is 4.68. The fourth-order valence-corrected chi connectivity index (χ4v) is 0.506. The molecule has 42 valence electrons. The third-order valence-electron chi connectivity index (χ3n) is 1.04. The van der Waals surface area contributed by atoms with Crippen LogP contribution in [0.2, 0.25) is 0 Å². The Morgan fingerprint density at radius 3 is 2.88 bits per heavy atom. The van der Waals surface area contributed by atoms with E-state index >= 15 is 0 Å². The third-order valence-corrected chi connectivity index (χ3v) is 1.04. The number of hydrogen-bond acceptors (Lipinski definition) is 1. The summed E-state index contributed by atoms with van der Waals surface area (Å²) in [5.41, 5.74) is 0.752. The highest BCUT2D eigenvalue weighted by molar-refractivity contribution is 5.29. The number of para-hydroxylation sites is 1. The van der Waals surface area contributed by atoms with Gasteiger partial charge in [0.1, 0.15) is 5.75 Å². The van der Waals surface area contributed by atoms with Crippen LogP contribution in [0.15, 0.2) is 24.2 Å². The number of phenolic OH excluding ortho intramolecular Hbond substituents is 1. The van der Waals surface area contributed by atoms with Crippen LogP contribution < -0.4 is 0 Å². The highest BCUT2D eigenvalue weighted by Gasteiger charge is 1.86. The summed E-state index contributed by atoms with van der Waals surface area (Å²) in [6.07, 6.45) is 0. The predicted molar refractivity (Wildman–Crippen MR) is 32.8 cm³/mol. The van der Waals surface area contributed by atoms with Crippen molar-refractivity contribution in [2.24, 2.45) is 0 Å². The van der Waals surface area contributed by atoms with Crippen LogP contribution in [0.25, 0.3) is 0 Å². The maximum Gasteiger partial charge on any atom is 0.118 e. The molecule has 0 aliphatic rings. The van der Waals surface area contributed by atoms with Crippen molar-refractivity contribution in [1.82, 2.24) is 0 Å². The Hall–Kier alpha value is -0.980. The fourth-order valence-electron chi connectivity index (χ4n) is 0.506. The Bertz CT molecular complexity index is 220. The van der Waals surface area contributed by atoms with E-state index in [4.69, 9.17) is 6.48 Å². The molecule has 0 bridgehead atoms. The number of hydrogen-bond donors (Lipinski definition) is 1. The average Bonchev–Trinajstić information content (AvgIpc) is 1.80. The first-order chi connectivity index (χ1) is 4.20. The molecule has 0 spiro atoms. The first-order valence-corrected chi connectivity index (χ1v) is 2.46. The highest BCUT2D eigenvalue weighted by Crippen LogP contribution is 2.12. The van der Waals surface area contributed by atoms with Gasteiger partial charge < -0.3 is 5.11 Å². The van der Waals surface area contributed by atoms with Crippen LogP contribution in [-0.4, -0.2) is 5.11 Å². The van der Waals surface area contributed by atoms with Crippen molar-refractivity contribution in [2.75, 3.05) is 0 Å². The number of aromatic hydroxyl groups is 1. The van der Waals surface area contributed by atoms with Crippen molar-refractivity contribution in [2.45, 2.75) is 6.92 Å². The number of aryl methyl sites for hydroxylation is 1. The molecule has 1 aromatic carbocycles. The molecule has 1 nitrogen and oxygen atoms in total. The van der Waals surface area contributed by atoms with Gasteiger partial charge in [0.2, 0.25) is 0 Å². The molecule has 1 aromatic rings. The van der Waals surface area contributed by atoms with E-state index in [0.717, 1.165) is 5.56 Å². The van der Waals surface area contributed by atoms with Gasteiger partial charge in [0, 0.05) is 0 Å². The van der Waals surface area contributed by atoms with E-state index in [9.17, 15) is 0 Å². The van der Waals surface area contributed by atoms with Gasteiger partial charge in [0.25, 0.3) is 0 Å². The Kier molecular flexibility index (Phi) is 0.922. The second kappa shape index (κ2) is 1.86. The second-order valence-electron chi connectivity index (χ2n) is 1.71. The summed E-state index contributed by atoms with van der Waals surface area (Å²) in [6.45, 7) is 1.77. The minimum absolute atomic E-state index is 0.256. The molecule has 0 aliphatic heterocycles. The van der Waals surface area contributed by atoms with E-state index in [-0.39, 0.29) is 5.75 Å². The highest BCUT2D eigenvalue weighted by atomic mass is 16.3. The molecule has 1 heteroatoms. The zero-order valence-electron chi connectivity index (χ0n) is 5.68. The van der Waals surface area contributed by atoms with Crippen molar-refractivity contribution in [3.8, 4) is 5.75 Å². The summed E-state index contributed by atoms with van der Waals surface area (Å²) in [6, 6.07) is 5.14. The Labute approximate surface area is 50.0 Å². The minimum atomic E-state index is 0.256. The van der Waals surface area contributed by atoms with E-state index in [1.54, 1.807) is 19.1 Å². The lowest BCUT2D eigenvalue weighted by Crippen LogP contribution is -1.68. The van der Waals surface area contributed by atoms with Crippen molar-refractivity contribution >= 4 is 0 Å². The number of rotatable bonds is 0. The van der Waals surface area contributed by atoms with Gasteiger partial charge in [-0.25, -0.2) is 0 Å². The molecule has 0 unspecified atom stereocenters. The standard InChI is InChI=1S/C7H8O/c1-6-4-2-3-5-7(6)8/h2-5,8H,1H3/i2D. The van der Waals surface area contributed by atoms with Gasteiger partial charge in [0.05, 0.1) is 1.37 Å². The molecule has 1 rings (SSSR count). The molecular formula is C7H8O. The maximum absolute atomic E-state index is 8.96. The van der Waals surface area contributed by atoms with Gasteiger partial charge in [-0.1, -0.05) is 18.2 Å². The average molecular weight is 109 g/mol. The lowest BCUT2D eigenvalue weighted by atomic mass is 10.2. The molecule has 0 amide bonds. The van der Waals surface area contributed by atoms with E-state index in [2.05, 4.69) is 0 Å². The molecule has 0 fully saturated rings. The first-order valence-electron chi connectivity index (χ1n) is 2.96. The molecule has 0 saturated carbocycles. The monoisotopic (exact) mass is 109 g/mol. The van der Waals surface area contributed by atoms with Crippen LogP contribution in [0.5, 0.6) is 5.75 Å². The van der Waals surface area contributed by atoms with Crippen LogP contribution in [0.3, 0.4) is 0 Å². The van der Waals surface area contributed by atoms with Crippen molar-refractivity contribution < 1.29 is 6.48 Å². The lowest BCUT2D eigenvalue weighted by molar-refractivity contribution is 0.471. The summed E-state index contributed by atoms with van der Waals surface area (Å²) in [5, 5.41) is 8.96.